The van der Waals surface area contributed by atoms with Crippen molar-refractivity contribution in [1.82, 2.24) is 9.55 Å². The van der Waals surface area contributed by atoms with E-state index >= 15 is 0 Å². The van der Waals surface area contributed by atoms with Crippen molar-refractivity contribution in [3.05, 3.63) is 28.6 Å². The van der Waals surface area contributed by atoms with Gasteiger partial charge in [0.2, 0.25) is 5.95 Å². The molecule has 1 aliphatic heterocycles. The molecule has 0 unspecified atom stereocenters. The molecule has 1 aromatic carbocycles. The van der Waals surface area contributed by atoms with Crippen LogP contribution in [-0.4, -0.2) is 35.9 Å². The molecule has 2 aromatic rings. The Kier molecular flexibility index (Phi) is 2.87. The number of nitrogens with two attached hydrogens (primary N) is 1. The van der Waals surface area contributed by atoms with Crippen LogP contribution in [0.2, 0.25) is 0 Å². The van der Waals surface area contributed by atoms with Gasteiger partial charge in [-0.25, -0.2) is 4.98 Å². The lowest BCUT2D eigenvalue weighted by Crippen LogP contribution is -2.40. The quantitative estimate of drug-likeness (QED) is 0.749. The summed E-state index contributed by atoms with van der Waals surface area (Å²) >= 11 is 0. The predicted octanol–water partition coefficient (Wildman–Crippen LogP) is 0.352. The van der Waals surface area contributed by atoms with E-state index in [1.807, 2.05) is 0 Å². The van der Waals surface area contributed by atoms with Gasteiger partial charge < -0.3 is 15.4 Å². The number of nitrogens with zero attached hydrogens (tertiary/aromatic N) is 3. The second-order valence-electron chi connectivity index (χ2n) is 4.65. The molecule has 19 heavy (non-hydrogen) atoms. The first-order chi connectivity index (χ1) is 9.16. The molecule has 2 heterocycles. The summed E-state index contributed by atoms with van der Waals surface area (Å²) in [6, 6.07) is 5.18. The van der Waals surface area contributed by atoms with E-state index in [2.05, 4.69) is 9.88 Å². The van der Waals surface area contributed by atoms with Crippen molar-refractivity contribution in [1.29, 1.82) is 0 Å². The minimum Gasteiger partial charge on any atom is -0.399 e. The van der Waals surface area contributed by atoms with Crippen molar-refractivity contribution >= 4 is 22.5 Å². The van der Waals surface area contributed by atoms with Gasteiger partial charge in [0.15, 0.2) is 0 Å². The lowest BCUT2D eigenvalue weighted by atomic mass is 10.2. The number of ether oxygens (including phenoxy) is 1. The number of nitrogen functional groups attached to an aromatic ring is 1. The third-order valence-electron chi connectivity index (χ3n) is 3.37. The minimum absolute atomic E-state index is 0.0495. The van der Waals surface area contributed by atoms with Crippen molar-refractivity contribution in [2.24, 2.45) is 7.05 Å². The molecular formula is C13H16N4O2. The highest BCUT2D eigenvalue weighted by atomic mass is 16.5. The summed E-state index contributed by atoms with van der Waals surface area (Å²) in [7, 11) is 1.75. The van der Waals surface area contributed by atoms with Crippen molar-refractivity contribution in [2.45, 2.75) is 0 Å². The summed E-state index contributed by atoms with van der Waals surface area (Å²) in [4.78, 5) is 19.0. The average molecular weight is 260 g/mol. The number of morpholine rings is 1. The molecule has 3 rings (SSSR count). The summed E-state index contributed by atoms with van der Waals surface area (Å²) in [5.74, 6) is 0.673. The number of benzene rings is 1. The van der Waals surface area contributed by atoms with Crippen LogP contribution in [0, 0.1) is 0 Å². The van der Waals surface area contributed by atoms with Crippen LogP contribution in [-0.2, 0) is 11.8 Å². The first kappa shape index (κ1) is 12.0. The minimum atomic E-state index is -0.0495. The molecule has 0 bridgehead atoms. The molecule has 0 radical (unpaired) electrons. The summed E-state index contributed by atoms with van der Waals surface area (Å²) in [6.45, 7) is 2.80. The van der Waals surface area contributed by atoms with E-state index in [4.69, 9.17) is 10.5 Å². The molecule has 2 N–H and O–H groups in total. The molecule has 0 spiro atoms. The summed E-state index contributed by atoms with van der Waals surface area (Å²) < 4.78 is 6.91. The lowest BCUT2D eigenvalue weighted by Gasteiger charge is -2.29. The molecule has 0 saturated carbocycles. The topological polar surface area (TPSA) is 73.4 Å². The van der Waals surface area contributed by atoms with Gasteiger partial charge >= 0.3 is 0 Å². The van der Waals surface area contributed by atoms with E-state index in [9.17, 15) is 4.79 Å². The number of hydrogen-bond donors (Lipinski definition) is 1. The third kappa shape index (κ3) is 2.04. The number of anilines is 2. The second-order valence-corrected chi connectivity index (χ2v) is 4.65. The summed E-state index contributed by atoms with van der Waals surface area (Å²) in [5, 5.41) is 0.591. The normalized spacial score (nSPS) is 15.9. The molecular weight excluding hydrogens is 244 g/mol. The Morgan fingerprint density at radius 1 is 1.32 bits per heavy atom. The first-order valence-corrected chi connectivity index (χ1v) is 6.26. The van der Waals surface area contributed by atoms with Gasteiger partial charge in [0.1, 0.15) is 0 Å². The maximum atomic E-state index is 12.3. The molecule has 6 heteroatoms. The van der Waals surface area contributed by atoms with Gasteiger partial charge in [-0.15, -0.1) is 0 Å². The van der Waals surface area contributed by atoms with Gasteiger partial charge in [-0.2, -0.15) is 0 Å². The standard InChI is InChI=1S/C13H16N4O2/c1-16-12(18)10-3-2-9(14)8-11(10)15-13(16)17-4-6-19-7-5-17/h2-3,8H,4-7,14H2,1H3. The molecule has 100 valence electrons. The lowest BCUT2D eigenvalue weighted by molar-refractivity contribution is 0.121. The predicted molar refractivity (Wildman–Crippen MR) is 74.4 cm³/mol. The SMILES string of the molecule is Cn1c(N2CCOCC2)nc2cc(N)ccc2c1=O. The van der Waals surface area contributed by atoms with Crippen LogP contribution in [0.25, 0.3) is 10.9 Å². The van der Waals surface area contributed by atoms with Crippen molar-refractivity contribution in [3.63, 3.8) is 0 Å². The smallest absolute Gasteiger partial charge is 0.262 e. The molecule has 0 aliphatic carbocycles. The maximum absolute atomic E-state index is 12.3. The van der Waals surface area contributed by atoms with Crippen LogP contribution in [0.5, 0.6) is 0 Å². The van der Waals surface area contributed by atoms with Gasteiger partial charge in [-0.05, 0) is 18.2 Å². The van der Waals surface area contributed by atoms with Gasteiger partial charge in [0.25, 0.3) is 5.56 Å². The number of fused-ring (bicyclic) bond motifs is 1. The van der Waals surface area contributed by atoms with E-state index < -0.39 is 0 Å². The Labute approximate surface area is 110 Å². The Bertz CT molecular complexity index is 674. The average Bonchev–Trinajstić information content (AvgIpc) is 2.43. The van der Waals surface area contributed by atoms with Crippen molar-refractivity contribution in [3.8, 4) is 0 Å². The number of hydrogen-bond acceptors (Lipinski definition) is 5. The Balaban J connectivity index is 2.19. The Morgan fingerprint density at radius 2 is 2.05 bits per heavy atom. The van der Waals surface area contributed by atoms with E-state index in [1.165, 1.54) is 0 Å². The van der Waals surface area contributed by atoms with Gasteiger partial charge in [-0.1, -0.05) is 0 Å². The first-order valence-electron chi connectivity index (χ1n) is 6.26. The van der Waals surface area contributed by atoms with Crippen LogP contribution in [0.3, 0.4) is 0 Å². The van der Waals surface area contributed by atoms with Gasteiger partial charge in [0.05, 0.1) is 24.1 Å². The van der Waals surface area contributed by atoms with E-state index in [-0.39, 0.29) is 5.56 Å². The molecule has 1 aliphatic rings. The highest BCUT2D eigenvalue weighted by Gasteiger charge is 2.17. The largest absolute Gasteiger partial charge is 0.399 e. The molecule has 1 saturated heterocycles. The monoisotopic (exact) mass is 260 g/mol. The van der Waals surface area contributed by atoms with Crippen molar-refractivity contribution < 1.29 is 4.74 Å². The van der Waals surface area contributed by atoms with E-state index in [0.29, 0.717) is 35.8 Å². The van der Waals surface area contributed by atoms with Gasteiger partial charge in [0, 0.05) is 25.8 Å². The van der Waals surface area contributed by atoms with Crippen LogP contribution < -0.4 is 16.2 Å². The maximum Gasteiger partial charge on any atom is 0.262 e. The highest BCUT2D eigenvalue weighted by molar-refractivity contribution is 5.82. The molecule has 6 nitrogen and oxygen atoms in total. The summed E-state index contributed by atoms with van der Waals surface area (Å²) in [5.41, 5.74) is 6.96. The zero-order chi connectivity index (χ0) is 13.4. The van der Waals surface area contributed by atoms with Gasteiger partial charge in [-0.3, -0.25) is 9.36 Å². The van der Waals surface area contributed by atoms with Crippen LogP contribution in [0.15, 0.2) is 23.0 Å². The van der Waals surface area contributed by atoms with E-state index in [0.717, 1.165) is 13.1 Å². The van der Waals surface area contributed by atoms with E-state index in [1.54, 1.807) is 29.8 Å². The fourth-order valence-corrected chi connectivity index (χ4v) is 2.32. The fraction of sp³-hybridized carbons (Fsp3) is 0.385. The Hall–Kier alpha value is -2.08. The summed E-state index contributed by atoms with van der Waals surface area (Å²) in [6.07, 6.45) is 0. The zero-order valence-corrected chi connectivity index (χ0v) is 10.8. The number of rotatable bonds is 1. The van der Waals surface area contributed by atoms with Crippen LogP contribution in [0.4, 0.5) is 11.6 Å². The second kappa shape index (κ2) is 4.55. The fourth-order valence-electron chi connectivity index (χ4n) is 2.32. The van der Waals surface area contributed by atoms with Crippen molar-refractivity contribution in [2.75, 3.05) is 36.9 Å². The van der Waals surface area contributed by atoms with Crippen LogP contribution in [0.1, 0.15) is 0 Å². The highest BCUT2D eigenvalue weighted by Crippen LogP contribution is 2.17. The third-order valence-corrected chi connectivity index (χ3v) is 3.37. The number of aromatic nitrogens is 2. The molecule has 0 amide bonds. The Morgan fingerprint density at radius 3 is 2.79 bits per heavy atom. The zero-order valence-electron chi connectivity index (χ0n) is 10.8. The molecule has 1 aromatic heterocycles. The molecule has 1 fully saturated rings. The van der Waals surface area contributed by atoms with Crippen LogP contribution >= 0.6 is 0 Å². The molecule has 0 atom stereocenters.